The van der Waals surface area contributed by atoms with Crippen LogP contribution in [0.25, 0.3) is 0 Å². The summed E-state index contributed by atoms with van der Waals surface area (Å²) in [6, 6.07) is 3.18. The lowest BCUT2D eigenvalue weighted by Gasteiger charge is -2.16. The molecule has 1 aliphatic heterocycles. The zero-order chi connectivity index (χ0) is 13.8. The SMILES string of the molecule is O=C(NN[C@@H]1O[C@@H](CO)[C@@H](O)[C@@H]1O)c1cccnc1. The number of rotatable bonds is 4. The number of aromatic nitrogens is 1. The van der Waals surface area contributed by atoms with Gasteiger partial charge in [-0.25, -0.2) is 5.43 Å². The Balaban J connectivity index is 1.88. The third-order valence-electron chi connectivity index (χ3n) is 2.79. The van der Waals surface area contributed by atoms with Crippen LogP contribution in [0.5, 0.6) is 0 Å². The number of aliphatic hydroxyl groups excluding tert-OH is 3. The molecule has 1 aliphatic rings. The molecule has 0 aromatic carbocycles. The summed E-state index contributed by atoms with van der Waals surface area (Å²) < 4.78 is 5.13. The number of amides is 1. The number of nitrogens with one attached hydrogen (secondary N) is 2. The molecule has 0 spiro atoms. The van der Waals surface area contributed by atoms with E-state index in [1.54, 1.807) is 12.1 Å². The van der Waals surface area contributed by atoms with Gasteiger partial charge in [0.05, 0.1) is 12.2 Å². The molecule has 0 radical (unpaired) electrons. The Hall–Kier alpha value is -1.58. The first kappa shape index (κ1) is 13.8. The van der Waals surface area contributed by atoms with E-state index < -0.39 is 37.1 Å². The highest BCUT2D eigenvalue weighted by atomic mass is 16.6. The highest BCUT2D eigenvalue weighted by Gasteiger charge is 2.42. The van der Waals surface area contributed by atoms with E-state index in [0.717, 1.165) is 0 Å². The van der Waals surface area contributed by atoms with Gasteiger partial charge in [-0.1, -0.05) is 0 Å². The van der Waals surface area contributed by atoms with Crippen molar-refractivity contribution in [3.8, 4) is 0 Å². The summed E-state index contributed by atoms with van der Waals surface area (Å²) in [5.41, 5.74) is 5.12. The molecule has 1 aromatic rings. The number of hydrogen-bond acceptors (Lipinski definition) is 7. The van der Waals surface area contributed by atoms with Crippen LogP contribution in [0.1, 0.15) is 10.4 Å². The monoisotopic (exact) mass is 269 g/mol. The molecule has 0 saturated carbocycles. The van der Waals surface area contributed by atoms with Crippen LogP contribution in [-0.4, -0.2) is 57.4 Å². The van der Waals surface area contributed by atoms with Gasteiger partial charge in [0, 0.05) is 12.4 Å². The number of nitrogens with zero attached hydrogens (tertiary/aromatic N) is 1. The average molecular weight is 269 g/mol. The van der Waals surface area contributed by atoms with Crippen LogP contribution in [0.3, 0.4) is 0 Å². The lowest BCUT2D eigenvalue weighted by Crippen LogP contribution is -2.49. The van der Waals surface area contributed by atoms with E-state index in [1.165, 1.54) is 12.4 Å². The molecule has 8 heteroatoms. The van der Waals surface area contributed by atoms with Crippen LogP contribution in [0.2, 0.25) is 0 Å². The number of carbonyl (C=O) groups excluding carboxylic acids is 1. The number of aliphatic hydroxyl groups is 3. The first-order valence-electron chi connectivity index (χ1n) is 5.72. The predicted molar refractivity (Wildman–Crippen MR) is 62.6 cm³/mol. The minimum atomic E-state index is -1.24. The van der Waals surface area contributed by atoms with Gasteiger partial charge in [-0.3, -0.25) is 15.2 Å². The second-order valence-corrected chi connectivity index (χ2v) is 4.10. The van der Waals surface area contributed by atoms with Gasteiger partial charge in [0.2, 0.25) is 0 Å². The van der Waals surface area contributed by atoms with Crippen molar-refractivity contribution in [3.63, 3.8) is 0 Å². The molecule has 1 saturated heterocycles. The lowest BCUT2D eigenvalue weighted by atomic mass is 10.1. The predicted octanol–water partition coefficient (Wildman–Crippen LogP) is -2.24. The molecule has 1 fully saturated rings. The Morgan fingerprint density at radius 1 is 1.42 bits per heavy atom. The Morgan fingerprint density at radius 2 is 2.21 bits per heavy atom. The molecule has 1 aromatic heterocycles. The molecule has 1 amide bonds. The third kappa shape index (κ3) is 3.06. The van der Waals surface area contributed by atoms with Crippen LogP contribution in [0, 0.1) is 0 Å². The Labute approximate surface area is 109 Å². The van der Waals surface area contributed by atoms with E-state index in [9.17, 15) is 15.0 Å². The van der Waals surface area contributed by atoms with Crippen molar-refractivity contribution in [2.24, 2.45) is 0 Å². The standard InChI is InChI=1S/C11H15N3O5/c15-5-7-8(16)9(17)11(19-7)14-13-10(18)6-2-1-3-12-4-6/h1-4,7-9,11,14-17H,5H2,(H,13,18)/t7-,8+,9-,11+/m0/s1. The summed E-state index contributed by atoms with van der Waals surface area (Å²) in [4.78, 5) is 15.5. The normalized spacial score (nSPS) is 30.3. The molecular weight excluding hydrogens is 254 g/mol. The molecule has 0 aliphatic carbocycles. The summed E-state index contributed by atoms with van der Waals surface area (Å²) in [5.74, 6) is -0.453. The summed E-state index contributed by atoms with van der Waals surface area (Å²) in [6.45, 7) is -0.424. The van der Waals surface area contributed by atoms with Gasteiger partial charge in [0.25, 0.3) is 5.91 Å². The molecule has 4 atom stereocenters. The minimum Gasteiger partial charge on any atom is -0.394 e. The molecule has 0 bridgehead atoms. The van der Waals surface area contributed by atoms with E-state index in [1.807, 2.05) is 0 Å². The van der Waals surface area contributed by atoms with Crippen LogP contribution >= 0.6 is 0 Å². The fourth-order valence-corrected chi connectivity index (χ4v) is 1.72. The number of carbonyl (C=O) groups is 1. The number of pyridine rings is 1. The third-order valence-corrected chi connectivity index (χ3v) is 2.79. The van der Waals surface area contributed by atoms with Crippen molar-refractivity contribution in [1.82, 2.24) is 15.8 Å². The van der Waals surface area contributed by atoms with E-state index in [0.29, 0.717) is 5.56 Å². The lowest BCUT2D eigenvalue weighted by molar-refractivity contribution is -0.0375. The fraction of sp³-hybridized carbons (Fsp3) is 0.455. The van der Waals surface area contributed by atoms with Crippen LogP contribution in [0.4, 0.5) is 0 Å². The molecule has 2 heterocycles. The van der Waals surface area contributed by atoms with E-state index in [4.69, 9.17) is 9.84 Å². The van der Waals surface area contributed by atoms with Gasteiger partial charge in [0.15, 0.2) is 6.23 Å². The average Bonchev–Trinajstić information content (AvgIpc) is 2.73. The summed E-state index contributed by atoms with van der Waals surface area (Å²) in [6.07, 6.45) is -1.41. The Morgan fingerprint density at radius 3 is 2.79 bits per heavy atom. The smallest absolute Gasteiger partial charge is 0.267 e. The van der Waals surface area contributed by atoms with Crippen molar-refractivity contribution in [3.05, 3.63) is 30.1 Å². The van der Waals surface area contributed by atoms with E-state index >= 15 is 0 Å². The summed E-state index contributed by atoms with van der Waals surface area (Å²) >= 11 is 0. The van der Waals surface area contributed by atoms with Crippen molar-refractivity contribution in [2.45, 2.75) is 24.5 Å². The molecule has 2 rings (SSSR count). The van der Waals surface area contributed by atoms with Crippen molar-refractivity contribution in [1.29, 1.82) is 0 Å². The second-order valence-electron chi connectivity index (χ2n) is 4.10. The van der Waals surface area contributed by atoms with Gasteiger partial charge >= 0.3 is 0 Å². The maximum atomic E-state index is 11.7. The van der Waals surface area contributed by atoms with Crippen molar-refractivity contribution >= 4 is 5.91 Å². The van der Waals surface area contributed by atoms with Crippen molar-refractivity contribution < 1.29 is 24.9 Å². The first-order valence-corrected chi connectivity index (χ1v) is 5.72. The number of hydrogen-bond donors (Lipinski definition) is 5. The zero-order valence-electron chi connectivity index (χ0n) is 9.93. The molecule has 0 unspecified atom stereocenters. The topological polar surface area (TPSA) is 124 Å². The summed E-state index contributed by atoms with van der Waals surface area (Å²) in [5, 5.41) is 28.1. The fourth-order valence-electron chi connectivity index (χ4n) is 1.72. The molecule has 8 nitrogen and oxygen atoms in total. The number of hydrazine groups is 1. The minimum absolute atomic E-state index is 0.335. The Kier molecular flexibility index (Phi) is 4.40. The largest absolute Gasteiger partial charge is 0.394 e. The molecule has 19 heavy (non-hydrogen) atoms. The van der Waals surface area contributed by atoms with Crippen molar-refractivity contribution in [2.75, 3.05) is 6.61 Å². The van der Waals surface area contributed by atoms with Gasteiger partial charge in [0.1, 0.15) is 18.3 Å². The molecule has 104 valence electrons. The first-order chi connectivity index (χ1) is 9.13. The van der Waals surface area contributed by atoms with Crippen LogP contribution in [0.15, 0.2) is 24.5 Å². The summed E-state index contributed by atoms with van der Waals surface area (Å²) in [7, 11) is 0. The van der Waals surface area contributed by atoms with Gasteiger partial charge in [-0.05, 0) is 12.1 Å². The highest BCUT2D eigenvalue weighted by Crippen LogP contribution is 2.18. The van der Waals surface area contributed by atoms with Gasteiger partial charge in [-0.15, -0.1) is 0 Å². The van der Waals surface area contributed by atoms with Crippen LogP contribution < -0.4 is 10.9 Å². The zero-order valence-corrected chi connectivity index (χ0v) is 9.93. The number of ether oxygens (including phenoxy) is 1. The van der Waals surface area contributed by atoms with E-state index in [2.05, 4.69) is 15.8 Å². The highest BCUT2D eigenvalue weighted by molar-refractivity contribution is 5.93. The quantitative estimate of drug-likeness (QED) is 0.391. The molecule has 5 N–H and O–H groups in total. The van der Waals surface area contributed by atoms with Crippen LogP contribution in [-0.2, 0) is 4.74 Å². The van der Waals surface area contributed by atoms with Gasteiger partial charge < -0.3 is 20.1 Å². The Bertz CT molecular complexity index is 430. The maximum absolute atomic E-state index is 11.7. The molecular formula is C11H15N3O5. The van der Waals surface area contributed by atoms with Gasteiger partial charge in [-0.2, -0.15) is 0 Å². The second kappa shape index (κ2) is 6.04. The maximum Gasteiger partial charge on any atom is 0.267 e. The van der Waals surface area contributed by atoms with E-state index in [-0.39, 0.29) is 0 Å².